The molecule has 2 aliphatic rings. The van der Waals surface area contributed by atoms with Crippen LogP contribution in [0.25, 0.3) is 0 Å². The number of thioether (sulfide) groups is 1. The van der Waals surface area contributed by atoms with Crippen LogP contribution in [0.3, 0.4) is 0 Å². The monoisotopic (exact) mass is 767 g/mol. The summed E-state index contributed by atoms with van der Waals surface area (Å²) in [5.74, 6) is -0.0437. The molecule has 2 aliphatic heterocycles. The zero-order valence-corrected chi connectivity index (χ0v) is 33.4. The highest BCUT2D eigenvalue weighted by molar-refractivity contribution is 7.98. The molecule has 3 rings (SSSR count). The Balaban J connectivity index is 1.80. The molecule has 0 aliphatic carbocycles. The summed E-state index contributed by atoms with van der Waals surface area (Å²) in [5, 5.41) is 13.5. The van der Waals surface area contributed by atoms with E-state index < -0.39 is 41.6 Å². The standard InChI is InChI=1S/C37H54ClN3O10S/c1-22(2)33-36(5,51-33)29(50-34(44)24(4)40(6)30(42)14-17-52-10)21-31(43)41(7)26-19-25(20-27(47-8)32(26)38)18-23(3)12-11-13-28(48-9)37(46)15-16-49-35(45)39-37/h11-13,19-20,22,24,28-29,33,46H,14-18,21H2,1-10H3,(H,39,45)/b13-11+,23-12+/t24-,28+,29-,33-,36-,37-/m0/s1. The van der Waals surface area contributed by atoms with Crippen LogP contribution < -0.4 is 15.0 Å². The number of benzene rings is 1. The lowest BCUT2D eigenvalue weighted by Gasteiger charge is -2.36. The van der Waals surface area contributed by atoms with Crippen molar-refractivity contribution < 1.29 is 48.0 Å². The van der Waals surface area contributed by atoms with E-state index in [9.17, 15) is 24.3 Å². The summed E-state index contributed by atoms with van der Waals surface area (Å²) >= 11 is 8.29. The number of ether oxygens (including phenoxy) is 5. The number of amides is 3. The molecule has 1 aromatic rings. The molecule has 2 saturated heterocycles. The fourth-order valence-corrected chi connectivity index (χ4v) is 6.81. The largest absolute Gasteiger partial charge is 0.495 e. The molecule has 3 amide bonds. The van der Waals surface area contributed by atoms with Gasteiger partial charge in [0.05, 0.1) is 31.9 Å². The fourth-order valence-electron chi connectivity index (χ4n) is 6.12. The van der Waals surface area contributed by atoms with Gasteiger partial charge in [0, 0.05) is 39.8 Å². The number of aliphatic hydroxyl groups is 1. The molecule has 6 atom stereocenters. The van der Waals surface area contributed by atoms with Crippen LogP contribution in [0.5, 0.6) is 5.75 Å². The van der Waals surface area contributed by atoms with Gasteiger partial charge in [-0.3, -0.25) is 14.9 Å². The van der Waals surface area contributed by atoms with Crippen LogP contribution in [-0.2, 0) is 39.8 Å². The molecule has 2 N–H and O–H groups in total. The number of alkyl carbamates (subject to hydrolysis) is 1. The molecule has 15 heteroatoms. The molecule has 2 fully saturated rings. The second kappa shape index (κ2) is 18.6. The van der Waals surface area contributed by atoms with Crippen molar-refractivity contribution in [2.24, 2.45) is 5.92 Å². The SMILES string of the molecule is COc1cc(C/C(C)=C/C=C/[C@@H](OC)[C@@]2(O)CCOC(=O)N2)cc(N(C)C(=O)C[C@H](OC(=O)[C@H](C)N(C)C(=O)CCSC)[C@]2(C)O[C@H]2C(C)C)c1Cl. The highest BCUT2D eigenvalue weighted by Crippen LogP contribution is 2.46. The van der Waals surface area contributed by atoms with Crippen molar-refractivity contribution in [3.05, 3.63) is 46.5 Å². The van der Waals surface area contributed by atoms with Crippen LogP contribution in [-0.4, -0.2) is 116 Å². The predicted octanol–water partition coefficient (Wildman–Crippen LogP) is 4.91. The summed E-state index contributed by atoms with van der Waals surface area (Å²) < 4.78 is 27.9. The van der Waals surface area contributed by atoms with E-state index >= 15 is 0 Å². The first-order valence-electron chi connectivity index (χ1n) is 17.2. The van der Waals surface area contributed by atoms with Crippen molar-refractivity contribution in [1.82, 2.24) is 10.2 Å². The molecule has 0 aromatic heterocycles. The van der Waals surface area contributed by atoms with Crippen LogP contribution in [0, 0.1) is 5.92 Å². The smallest absolute Gasteiger partial charge is 0.409 e. The first-order valence-corrected chi connectivity index (χ1v) is 19.0. The summed E-state index contributed by atoms with van der Waals surface area (Å²) in [5.41, 5.74) is -0.362. The van der Waals surface area contributed by atoms with E-state index in [-0.39, 0.29) is 48.3 Å². The summed E-state index contributed by atoms with van der Waals surface area (Å²) in [6, 6.07) is 2.73. The lowest BCUT2D eigenvalue weighted by atomic mass is 9.91. The van der Waals surface area contributed by atoms with Crippen LogP contribution in [0.15, 0.2) is 35.9 Å². The van der Waals surface area contributed by atoms with Gasteiger partial charge in [-0.1, -0.05) is 49.2 Å². The van der Waals surface area contributed by atoms with Crippen LogP contribution in [0.4, 0.5) is 10.5 Å². The molecule has 13 nitrogen and oxygen atoms in total. The van der Waals surface area contributed by atoms with Crippen molar-refractivity contribution in [1.29, 1.82) is 0 Å². The molecule has 1 aromatic carbocycles. The van der Waals surface area contributed by atoms with Crippen LogP contribution >= 0.6 is 23.4 Å². The Morgan fingerprint density at radius 2 is 1.88 bits per heavy atom. The molecular weight excluding hydrogens is 714 g/mol. The Hall–Kier alpha value is -3.30. The second-order valence-corrected chi connectivity index (χ2v) is 15.1. The fraction of sp³-hybridized carbons (Fsp3) is 0.622. The Morgan fingerprint density at radius 1 is 1.19 bits per heavy atom. The van der Waals surface area contributed by atoms with Gasteiger partial charge in [0.15, 0.2) is 5.72 Å². The highest BCUT2D eigenvalue weighted by atomic mass is 35.5. The van der Waals surface area contributed by atoms with E-state index in [0.29, 0.717) is 30.0 Å². The van der Waals surface area contributed by atoms with Gasteiger partial charge < -0.3 is 38.6 Å². The number of rotatable bonds is 18. The lowest BCUT2D eigenvalue weighted by molar-refractivity contribution is -0.161. The number of hydrogen-bond donors (Lipinski definition) is 2. The van der Waals surface area contributed by atoms with Gasteiger partial charge in [-0.25, -0.2) is 9.59 Å². The van der Waals surface area contributed by atoms with Crippen molar-refractivity contribution in [3.8, 4) is 5.75 Å². The summed E-state index contributed by atoms with van der Waals surface area (Å²) in [6.45, 7) is 9.42. The highest BCUT2D eigenvalue weighted by Gasteiger charge is 2.61. The number of carbonyl (C=O) groups is 4. The van der Waals surface area contributed by atoms with E-state index in [1.165, 1.54) is 24.0 Å². The number of halogens is 1. The van der Waals surface area contributed by atoms with Crippen LogP contribution in [0.1, 0.15) is 59.4 Å². The van der Waals surface area contributed by atoms with Gasteiger partial charge in [0.2, 0.25) is 11.8 Å². The molecule has 0 bridgehead atoms. The maximum Gasteiger partial charge on any atom is 0.409 e. The lowest BCUT2D eigenvalue weighted by Crippen LogP contribution is -2.60. The Kier molecular flexibility index (Phi) is 15.5. The quantitative estimate of drug-likeness (QED) is 0.119. The van der Waals surface area contributed by atoms with Gasteiger partial charge in [0.1, 0.15) is 34.6 Å². The van der Waals surface area contributed by atoms with Gasteiger partial charge in [0.25, 0.3) is 0 Å². The number of likely N-dealkylation sites (N-methyl/N-ethyl adjacent to an activating group) is 1. The molecule has 0 unspecified atom stereocenters. The average molecular weight is 768 g/mol. The third kappa shape index (κ3) is 10.6. The first-order chi connectivity index (χ1) is 24.4. The molecule has 0 saturated carbocycles. The summed E-state index contributed by atoms with van der Waals surface area (Å²) in [7, 11) is 6.09. The van der Waals surface area contributed by atoms with Gasteiger partial charge in [-0.15, -0.1) is 0 Å². The minimum Gasteiger partial charge on any atom is -0.495 e. The van der Waals surface area contributed by atoms with Crippen molar-refractivity contribution >= 4 is 52.9 Å². The van der Waals surface area contributed by atoms with Gasteiger partial charge in [-0.05, 0) is 57.1 Å². The molecular formula is C37H54ClN3O10S. The zero-order valence-electron chi connectivity index (χ0n) is 31.8. The minimum atomic E-state index is -1.60. The number of allylic oxidation sites excluding steroid dienone is 3. The van der Waals surface area contributed by atoms with Crippen LogP contribution in [0.2, 0.25) is 5.02 Å². The van der Waals surface area contributed by atoms with Crippen molar-refractivity contribution in [3.63, 3.8) is 0 Å². The maximum absolute atomic E-state index is 13.9. The summed E-state index contributed by atoms with van der Waals surface area (Å²) in [6.07, 6.45) is 5.18. The van der Waals surface area contributed by atoms with E-state index in [4.69, 9.17) is 35.3 Å². The topological polar surface area (TPSA) is 156 Å². The molecule has 0 radical (unpaired) electrons. The number of nitrogens with one attached hydrogen (secondary N) is 1. The number of epoxide rings is 1. The Labute approximate surface area is 316 Å². The third-order valence-corrected chi connectivity index (χ3v) is 10.5. The Bertz CT molecular complexity index is 1520. The number of esters is 1. The number of cyclic esters (lactones) is 1. The van der Waals surface area contributed by atoms with Gasteiger partial charge >= 0.3 is 12.1 Å². The number of nitrogens with zero attached hydrogens (tertiary/aromatic N) is 2. The Morgan fingerprint density at radius 3 is 2.46 bits per heavy atom. The zero-order chi connectivity index (χ0) is 39.0. The van der Waals surface area contributed by atoms with E-state index in [2.05, 4.69) is 5.32 Å². The number of hydrogen-bond acceptors (Lipinski definition) is 11. The van der Waals surface area contributed by atoms with Crippen molar-refractivity contribution in [2.75, 3.05) is 51.8 Å². The predicted molar refractivity (Wildman–Crippen MR) is 201 cm³/mol. The van der Waals surface area contributed by atoms with E-state index in [1.54, 1.807) is 57.1 Å². The summed E-state index contributed by atoms with van der Waals surface area (Å²) in [4.78, 5) is 54.4. The average Bonchev–Trinajstić information content (AvgIpc) is 3.81. The number of methoxy groups -OCH3 is 2. The van der Waals surface area contributed by atoms with Gasteiger partial charge in [-0.2, -0.15) is 11.8 Å². The maximum atomic E-state index is 13.9. The third-order valence-electron chi connectivity index (χ3n) is 9.53. The second-order valence-electron chi connectivity index (χ2n) is 13.8. The number of carbonyl (C=O) groups excluding carboxylic acids is 4. The normalized spacial score (nSPS) is 23.4. The minimum absolute atomic E-state index is 0.0670. The molecule has 0 spiro atoms. The first kappa shape index (κ1) is 43.1. The van der Waals surface area contributed by atoms with E-state index in [0.717, 1.165) is 11.1 Å². The number of anilines is 1. The molecule has 2 heterocycles. The van der Waals surface area contributed by atoms with E-state index in [1.807, 2.05) is 40.0 Å². The van der Waals surface area contributed by atoms with Crippen molar-refractivity contribution in [2.45, 2.75) is 96.0 Å². The molecule has 52 heavy (non-hydrogen) atoms. The molecule has 290 valence electrons.